The Hall–Kier alpha value is -6.80. The summed E-state index contributed by atoms with van der Waals surface area (Å²) in [6.07, 6.45) is 0. The fourth-order valence-corrected chi connectivity index (χ4v) is 6.87. The second kappa shape index (κ2) is 10.4. The summed E-state index contributed by atoms with van der Waals surface area (Å²) < 4.78 is 0. The molecular weight excluding hydrogens is 600 g/mol. The van der Waals surface area contributed by atoms with Crippen molar-refractivity contribution in [1.82, 2.24) is 0 Å². The van der Waals surface area contributed by atoms with Crippen molar-refractivity contribution in [2.45, 2.75) is 0 Å². The van der Waals surface area contributed by atoms with E-state index >= 15 is 0 Å². The van der Waals surface area contributed by atoms with Crippen molar-refractivity contribution in [3.63, 3.8) is 0 Å². The molecule has 0 fully saturated rings. The molecule has 226 valence electrons. The molecule has 0 saturated heterocycles. The molecule has 0 spiro atoms. The Kier molecular flexibility index (Phi) is 5.94. The van der Waals surface area contributed by atoms with E-state index in [4.69, 9.17) is 0 Å². The Morgan fingerprint density at radius 3 is 1.04 bits per heavy atom. The lowest BCUT2D eigenvalue weighted by atomic mass is 9.97. The Labute approximate surface area is 270 Å². The summed E-state index contributed by atoms with van der Waals surface area (Å²) >= 11 is 0. The highest BCUT2D eigenvalue weighted by Gasteiger charge is 2.29. The number of benzene rings is 8. The van der Waals surface area contributed by atoms with Gasteiger partial charge in [0, 0.05) is 45.1 Å². The summed E-state index contributed by atoms with van der Waals surface area (Å²) in [4.78, 5) is 63.5. The third-order valence-electron chi connectivity index (χ3n) is 9.02. The topological polar surface area (TPSA) is 121 Å². The third kappa shape index (κ3) is 4.03. The van der Waals surface area contributed by atoms with Crippen LogP contribution in [0.5, 0.6) is 0 Å². The zero-order valence-corrected chi connectivity index (χ0v) is 25.2. The van der Waals surface area contributed by atoms with Crippen molar-refractivity contribution in [3.8, 4) is 0 Å². The quantitative estimate of drug-likeness (QED) is 0.182. The molecule has 9 aromatic rings. The van der Waals surface area contributed by atoms with Crippen molar-refractivity contribution in [2.75, 3.05) is 10.6 Å². The van der Waals surface area contributed by atoms with E-state index in [0.717, 1.165) is 11.4 Å². The summed E-state index contributed by atoms with van der Waals surface area (Å²) in [6.45, 7) is 0. The third-order valence-corrected chi connectivity index (χ3v) is 9.02. The van der Waals surface area contributed by atoms with Crippen LogP contribution in [0, 0.1) is 0 Å². The molecule has 48 heavy (non-hydrogen) atoms. The minimum Gasteiger partial charge on any atom is -0.355 e. The Balaban J connectivity index is 1.47. The first-order valence-corrected chi connectivity index (χ1v) is 15.4. The van der Waals surface area contributed by atoms with E-state index in [9.17, 15) is 19.2 Å². The lowest BCUT2D eigenvalue weighted by molar-refractivity contribution is -0.359. The normalized spacial score (nSPS) is 11.7. The molecule has 1 aromatic heterocycles. The average molecular weight is 625 g/mol. The van der Waals surface area contributed by atoms with Crippen molar-refractivity contribution >= 4 is 87.9 Å². The molecule has 0 aliphatic carbocycles. The number of hydrogen-bond acceptors (Lipinski definition) is 6. The average Bonchev–Trinajstić information content (AvgIpc) is 3.12. The molecule has 8 nitrogen and oxygen atoms in total. The number of rotatable bonds is 4. The van der Waals surface area contributed by atoms with Crippen molar-refractivity contribution in [3.05, 3.63) is 162 Å². The fraction of sp³-hybridized carbons (Fsp3) is 0. The number of H-pyrrole nitrogens is 2. The molecule has 9 rings (SSSR count). The molecular formula is C40H24N4O4+2. The molecule has 1 heterocycles. The van der Waals surface area contributed by atoms with Crippen LogP contribution in [-0.2, 0) is 0 Å². The first-order chi connectivity index (χ1) is 23.5. The maximum absolute atomic E-state index is 14.3. The predicted octanol–water partition coefficient (Wildman–Crippen LogP) is 6.04. The second-order valence-electron chi connectivity index (χ2n) is 11.8. The highest BCUT2D eigenvalue weighted by molar-refractivity contribution is 6.16. The van der Waals surface area contributed by atoms with Crippen LogP contribution in [0.1, 0.15) is 0 Å². The van der Waals surface area contributed by atoms with Gasteiger partial charge in [-0.05, 0) is 24.3 Å². The number of aromatic amines is 2. The van der Waals surface area contributed by atoms with E-state index < -0.39 is 0 Å². The maximum Gasteiger partial charge on any atom is 0.288 e. The van der Waals surface area contributed by atoms with E-state index in [-0.39, 0.29) is 43.3 Å². The SMILES string of the molecule is O=c1c2ccccc2c(=O)c2c1c(Nc1ccccc1)cc1[nH+]c3c(cc(Nc4ccccc4)c4c(=O)c5ccccc5c(=O)c43)[nH+]c12. The lowest BCUT2D eigenvalue weighted by Gasteiger charge is -2.11. The number of anilines is 4. The maximum atomic E-state index is 14.3. The fourth-order valence-electron chi connectivity index (χ4n) is 6.87. The summed E-state index contributed by atoms with van der Waals surface area (Å²) in [5.41, 5.74) is 2.95. The number of hydrogen-bond donors (Lipinski definition) is 2. The van der Waals surface area contributed by atoms with Gasteiger partial charge < -0.3 is 10.6 Å². The largest absolute Gasteiger partial charge is 0.355 e. The van der Waals surface area contributed by atoms with Gasteiger partial charge in [-0.3, -0.25) is 19.2 Å². The van der Waals surface area contributed by atoms with Crippen LogP contribution in [0.25, 0.3) is 65.2 Å². The minimum absolute atomic E-state index is 0.218. The van der Waals surface area contributed by atoms with Crippen LogP contribution >= 0.6 is 0 Å². The summed E-state index contributed by atoms with van der Waals surface area (Å²) in [6, 6.07) is 35.9. The van der Waals surface area contributed by atoms with E-state index in [2.05, 4.69) is 20.6 Å². The number of fused-ring (bicyclic) bond motifs is 8. The molecule has 0 radical (unpaired) electrons. The van der Waals surface area contributed by atoms with E-state index in [0.29, 0.717) is 55.0 Å². The van der Waals surface area contributed by atoms with E-state index in [1.54, 1.807) is 60.7 Å². The molecule has 4 N–H and O–H groups in total. The summed E-state index contributed by atoms with van der Waals surface area (Å²) in [5, 5.41) is 8.92. The second-order valence-corrected chi connectivity index (χ2v) is 11.8. The van der Waals surface area contributed by atoms with Gasteiger partial charge in [0.1, 0.15) is 10.8 Å². The predicted molar refractivity (Wildman–Crippen MR) is 191 cm³/mol. The van der Waals surface area contributed by atoms with Gasteiger partial charge in [0.25, 0.3) is 22.1 Å². The van der Waals surface area contributed by atoms with Crippen LogP contribution in [0.15, 0.2) is 141 Å². The lowest BCUT2D eigenvalue weighted by Crippen LogP contribution is -2.25. The molecule has 0 unspecified atom stereocenters. The van der Waals surface area contributed by atoms with Crippen molar-refractivity contribution in [1.29, 1.82) is 0 Å². The van der Waals surface area contributed by atoms with Gasteiger partial charge in [-0.15, -0.1) is 0 Å². The van der Waals surface area contributed by atoms with Gasteiger partial charge in [0.15, 0.2) is 10.9 Å². The molecule has 0 bridgehead atoms. The van der Waals surface area contributed by atoms with Crippen molar-refractivity contribution in [2.24, 2.45) is 0 Å². The van der Waals surface area contributed by atoms with Crippen LogP contribution in [0.2, 0.25) is 0 Å². The highest BCUT2D eigenvalue weighted by Crippen LogP contribution is 2.32. The molecule has 8 aromatic carbocycles. The molecule has 0 amide bonds. The van der Waals surface area contributed by atoms with Gasteiger partial charge in [-0.2, -0.15) is 9.97 Å². The molecule has 8 heteroatoms. The summed E-state index contributed by atoms with van der Waals surface area (Å²) in [5.74, 6) is 0. The van der Waals surface area contributed by atoms with Crippen LogP contribution in [0.4, 0.5) is 22.7 Å². The Morgan fingerprint density at radius 1 is 0.375 bits per heavy atom. The number of para-hydroxylation sites is 2. The number of nitrogens with one attached hydrogen (secondary N) is 4. The number of aromatic nitrogens is 2. The van der Waals surface area contributed by atoms with Gasteiger partial charge in [0.05, 0.1) is 22.1 Å². The van der Waals surface area contributed by atoms with Crippen LogP contribution < -0.4 is 42.3 Å². The Bertz CT molecular complexity index is 2820. The first kappa shape index (κ1) is 27.5. The molecule has 0 aliphatic heterocycles. The smallest absolute Gasteiger partial charge is 0.288 e. The summed E-state index contributed by atoms with van der Waals surface area (Å²) in [7, 11) is 0. The van der Waals surface area contributed by atoms with Crippen molar-refractivity contribution < 1.29 is 9.97 Å². The monoisotopic (exact) mass is 624 g/mol. The molecule has 0 aliphatic rings. The van der Waals surface area contributed by atoms with Gasteiger partial charge in [0.2, 0.25) is 10.9 Å². The highest BCUT2D eigenvalue weighted by atomic mass is 16.1. The van der Waals surface area contributed by atoms with E-state index in [1.165, 1.54) is 0 Å². The van der Waals surface area contributed by atoms with E-state index in [1.807, 2.05) is 60.7 Å². The molecule has 0 atom stereocenters. The van der Waals surface area contributed by atoms with Crippen LogP contribution in [0.3, 0.4) is 0 Å². The van der Waals surface area contributed by atoms with Gasteiger partial charge in [-0.25, -0.2) is 0 Å². The Morgan fingerprint density at radius 2 is 0.688 bits per heavy atom. The van der Waals surface area contributed by atoms with Crippen LogP contribution in [-0.4, -0.2) is 0 Å². The van der Waals surface area contributed by atoms with Gasteiger partial charge in [-0.1, -0.05) is 84.9 Å². The zero-order chi connectivity index (χ0) is 32.5. The zero-order valence-electron chi connectivity index (χ0n) is 25.2. The molecule has 0 saturated carbocycles. The standard InChI is InChI=1S/C40H22N4O4/c45-37-23-15-7-9-17-25(23)39(47)33-31(37)27(41-21-11-3-1-4-12-21)19-29-35(33)44-30-20-28(42-22-13-5-2-6-14-22)32-34(36(30)43-29)40(48)26-18-10-8-16-24(26)38(32)46/h1-20,41-42H/p+2. The minimum atomic E-state index is -0.299. The first-order valence-electron chi connectivity index (χ1n) is 15.4. The van der Waals surface area contributed by atoms with Gasteiger partial charge >= 0.3 is 0 Å².